The number of ether oxygens (including phenoxy) is 1. The zero-order chi connectivity index (χ0) is 21.3. The Morgan fingerprint density at radius 2 is 2.17 bits per heavy atom. The van der Waals surface area contributed by atoms with E-state index in [4.69, 9.17) is 22.1 Å². The summed E-state index contributed by atoms with van der Waals surface area (Å²) in [6.07, 6.45) is 0. The molecule has 2 amide bonds. The third-order valence-corrected chi connectivity index (χ3v) is 7.35. The molecule has 1 fully saturated rings. The van der Waals surface area contributed by atoms with Crippen molar-refractivity contribution in [2.24, 2.45) is 5.73 Å². The van der Waals surface area contributed by atoms with Crippen LogP contribution in [-0.2, 0) is 29.8 Å². The predicted octanol–water partition coefficient (Wildman–Crippen LogP) is 0.788. The number of esters is 1. The fraction of sp³-hybridized carbons (Fsp3) is 0.412. The lowest BCUT2D eigenvalue weighted by Gasteiger charge is -2.49. The molecule has 0 aromatic carbocycles. The van der Waals surface area contributed by atoms with Gasteiger partial charge in [-0.2, -0.15) is 0 Å². The van der Waals surface area contributed by atoms with E-state index in [-0.39, 0.29) is 18.1 Å². The highest BCUT2D eigenvalue weighted by molar-refractivity contribution is 8.00. The molecule has 3 rings (SSSR count). The molecule has 156 valence electrons. The Kier molecular flexibility index (Phi) is 6.52. The van der Waals surface area contributed by atoms with Crippen LogP contribution in [0, 0.1) is 0 Å². The van der Waals surface area contributed by atoms with Crippen molar-refractivity contribution in [2.75, 3.05) is 12.4 Å². The molecule has 1 saturated heterocycles. The highest BCUT2D eigenvalue weighted by Gasteiger charge is 2.54. The summed E-state index contributed by atoms with van der Waals surface area (Å²) < 4.78 is 4.88. The Morgan fingerprint density at radius 1 is 1.45 bits per heavy atom. The van der Waals surface area contributed by atoms with Crippen LogP contribution in [0.2, 0.25) is 0 Å². The number of amides is 2. The van der Waals surface area contributed by atoms with E-state index in [0.717, 1.165) is 9.78 Å². The standard InChI is InChI=1S/C17H18ClN3O6S2/c1-7(22)27-5-8-6-28-16-12(15(24)21(16)13(8)17(25)26)20-14(23)11(19)10-3-2-9(4-18)29-10/h2-3,11-12,16H,4-6,19H2,1H3,(H,20,23)(H,25,26). The average Bonchev–Trinajstić information content (AvgIpc) is 3.17. The van der Waals surface area contributed by atoms with E-state index in [9.17, 15) is 24.3 Å². The first-order valence-electron chi connectivity index (χ1n) is 8.48. The van der Waals surface area contributed by atoms with Crippen LogP contribution >= 0.6 is 34.7 Å². The predicted molar refractivity (Wildman–Crippen MR) is 107 cm³/mol. The SMILES string of the molecule is CC(=O)OCC1=C(C(=O)O)N2C(=O)C(NC(=O)C(N)c3ccc(CCl)s3)C2SC1. The van der Waals surface area contributed by atoms with Crippen LogP contribution in [0.4, 0.5) is 0 Å². The molecule has 3 heterocycles. The van der Waals surface area contributed by atoms with Crippen molar-refractivity contribution in [3.05, 3.63) is 33.2 Å². The van der Waals surface area contributed by atoms with Crippen LogP contribution in [-0.4, -0.2) is 57.5 Å². The molecule has 1 aromatic rings. The number of thioether (sulfide) groups is 1. The third kappa shape index (κ3) is 4.27. The number of β-lactam (4-membered cyclic amide) rings is 1. The first-order chi connectivity index (χ1) is 13.7. The smallest absolute Gasteiger partial charge is 0.352 e. The van der Waals surface area contributed by atoms with Crippen molar-refractivity contribution in [1.29, 1.82) is 0 Å². The number of carbonyl (C=O) groups is 4. The van der Waals surface area contributed by atoms with E-state index in [0.29, 0.717) is 16.3 Å². The molecule has 2 aliphatic heterocycles. The van der Waals surface area contributed by atoms with Crippen LogP contribution in [0.15, 0.2) is 23.4 Å². The van der Waals surface area contributed by atoms with Gasteiger partial charge in [-0.25, -0.2) is 4.79 Å². The molecule has 4 N–H and O–H groups in total. The topological polar surface area (TPSA) is 139 Å². The number of carboxylic acids is 1. The van der Waals surface area contributed by atoms with Crippen LogP contribution in [0.5, 0.6) is 0 Å². The molecular weight excluding hydrogens is 442 g/mol. The van der Waals surface area contributed by atoms with E-state index < -0.39 is 41.2 Å². The van der Waals surface area contributed by atoms with Gasteiger partial charge in [0.25, 0.3) is 5.91 Å². The van der Waals surface area contributed by atoms with Gasteiger partial charge >= 0.3 is 11.9 Å². The molecule has 0 spiro atoms. The molecule has 0 aliphatic carbocycles. The second-order valence-corrected chi connectivity index (χ2v) is 8.92. The van der Waals surface area contributed by atoms with E-state index >= 15 is 0 Å². The first-order valence-corrected chi connectivity index (χ1v) is 10.9. The number of hydrogen-bond acceptors (Lipinski definition) is 8. The maximum absolute atomic E-state index is 12.6. The number of carboxylic acid groups (broad SMARTS) is 1. The zero-order valence-electron chi connectivity index (χ0n) is 15.2. The molecule has 2 aliphatic rings. The summed E-state index contributed by atoms with van der Waals surface area (Å²) in [5.41, 5.74) is 6.11. The Morgan fingerprint density at radius 3 is 2.76 bits per heavy atom. The molecule has 3 unspecified atom stereocenters. The highest BCUT2D eigenvalue weighted by Crippen LogP contribution is 2.40. The van der Waals surface area contributed by atoms with Crippen molar-refractivity contribution in [3.63, 3.8) is 0 Å². The number of carbonyl (C=O) groups excluding carboxylic acids is 3. The van der Waals surface area contributed by atoms with E-state index in [1.54, 1.807) is 12.1 Å². The van der Waals surface area contributed by atoms with Crippen LogP contribution < -0.4 is 11.1 Å². The lowest BCUT2D eigenvalue weighted by Crippen LogP contribution is -2.71. The van der Waals surface area contributed by atoms with Gasteiger partial charge in [-0.15, -0.1) is 34.7 Å². The molecule has 0 bridgehead atoms. The minimum Gasteiger partial charge on any atom is -0.477 e. The number of thiophene rings is 1. The molecule has 9 nitrogen and oxygen atoms in total. The van der Waals surface area contributed by atoms with Gasteiger partial charge in [0, 0.05) is 28.0 Å². The maximum atomic E-state index is 12.6. The highest BCUT2D eigenvalue weighted by atomic mass is 35.5. The number of halogens is 1. The maximum Gasteiger partial charge on any atom is 0.352 e. The average molecular weight is 460 g/mol. The number of nitrogens with one attached hydrogen (secondary N) is 1. The van der Waals surface area contributed by atoms with Gasteiger partial charge in [0.1, 0.15) is 29.8 Å². The number of fused-ring (bicyclic) bond motifs is 1. The minimum atomic E-state index is -1.29. The van der Waals surface area contributed by atoms with Gasteiger partial charge in [0.2, 0.25) is 5.91 Å². The Labute approximate surface area is 179 Å². The Hall–Kier alpha value is -2.08. The van der Waals surface area contributed by atoms with Crippen molar-refractivity contribution in [1.82, 2.24) is 10.2 Å². The van der Waals surface area contributed by atoms with Gasteiger partial charge in [-0.1, -0.05) is 0 Å². The Balaban J connectivity index is 1.70. The number of rotatable bonds is 7. The Bertz CT molecular complexity index is 901. The number of nitrogens with zero attached hydrogens (tertiary/aromatic N) is 1. The molecular formula is C17H18ClN3O6S2. The second-order valence-electron chi connectivity index (χ2n) is 6.35. The van der Waals surface area contributed by atoms with Gasteiger partial charge in [-0.3, -0.25) is 19.3 Å². The molecule has 12 heteroatoms. The lowest BCUT2D eigenvalue weighted by molar-refractivity contribution is -0.151. The monoisotopic (exact) mass is 459 g/mol. The number of alkyl halides is 1. The zero-order valence-corrected chi connectivity index (χ0v) is 17.6. The molecule has 0 saturated carbocycles. The number of aliphatic carboxylic acids is 1. The third-order valence-electron chi connectivity index (χ3n) is 4.40. The van der Waals surface area contributed by atoms with Crippen LogP contribution in [0.1, 0.15) is 22.7 Å². The minimum absolute atomic E-state index is 0.205. The van der Waals surface area contributed by atoms with E-state index in [1.165, 1.54) is 30.0 Å². The van der Waals surface area contributed by atoms with Crippen molar-refractivity contribution < 1.29 is 29.0 Å². The fourth-order valence-electron chi connectivity index (χ4n) is 2.99. The quantitative estimate of drug-likeness (QED) is 0.309. The van der Waals surface area contributed by atoms with Gasteiger partial charge in [0.05, 0.1) is 5.88 Å². The molecule has 0 radical (unpaired) electrons. The van der Waals surface area contributed by atoms with Crippen LogP contribution in [0.25, 0.3) is 0 Å². The summed E-state index contributed by atoms with van der Waals surface area (Å²) in [6.45, 7) is 1.01. The van der Waals surface area contributed by atoms with E-state index in [1.807, 2.05) is 0 Å². The molecule has 29 heavy (non-hydrogen) atoms. The largest absolute Gasteiger partial charge is 0.477 e. The number of nitrogens with two attached hydrogens (primary N) is 1. The summed E-state index contributed by atoms with van der Waals surface area (Å²) in [5.74, 6) is -2.35. The van der Waals surface area contributed by atoms with Crippen molar-refractivity contribution in [2.45, 2.75) is 30.3 Å². The van der Waals surface area contributed by atoms with Gasteiger partial charge in [0.15, 0.2) is 0 Å². The summed E-state index contributed by atoms with van der Waals surface area (Å²) in [4.78, 5) is 50.4. The first kappa shape index (κ1) is 21.6. The van der Waals surface area contributed by atoms with Gasteiger partial charge in [-0.05, 0) is 12.1 Å². The number of hydrogen-bond donors (Lipinski definition) is 3. The lowest BCUT2D eigenvalue weighted by atomic mass is 10.0. The molecule has 1 aromatic heterocycles. The molecule has 3 atom stereocenters. The second kappa shape index (κ2) is 8.74. The van der Waals surface area contributed by atoms with Gasteiger partial charge < -0.3 is 20.9 Å². The van der Waals surface area contributed by atoms with Crippen molar-refractivity contribution in [3.8, 4) is 0 Å². The summed E-state index contributed by atoms with van der Waals surface area (Å²) in [7, 11) is 0. The summed E-state index contributed by atoms with van der Waals surface area (Å²) in [5, 5.41) is 11.6. The normalized spacial score (nSPS) is 21.9. The van der Waals surface area contributed by atoms with E-state index in [2.05, 4.69) is 5.32 Å². The van der Waals surface area contributed by atoms with Crippen molar-refractivity contribution >= 4 is 58.5 Å². The summed E-state index contributed by atoms with van der Waals surface area (Å²) >= 11 is 8.36. The van der Waals surface area contributed by atoms with Crippen LogP contribution in [0.3, 0.4) is 0 Å². The fourth-order valence-corrected chi connectivity index (χ4v) is 5.43. The summed E-state index contributed by atoms with van der Waals surface area (Å²) in [6, 6.07) is 1.66.